The average Bonchev–Trinajstić information content (AvgIpc) is 2.70. The maximum absolute atomic E-state index is 11.3. The van der Waals surface area contributed by atoms with Gasteiger partial charge in [0.25, 0.3) is 0 Å². The molecule has 0 aliphatic carbocycles. The molecular weight excluding hydrogens is 350 g/mol. The molecule has 4 nitrogen and oxygen atoms in total. The van der Waals surface area contributed by atoms with Gasteiger partial charge in [0.1, 0.15) is 5.75 Å². The van der Waals surface area contributed by atoms with Crippen molar-refractivity contribution in [2.75, 3.05) is 26.8 Å². The molecule has 1 aromatic carbocycles. The first-order chi connectivity index (χ1) is 13.6. The lowest BCUT2D eigenvalue weighted by atomic mass is 10.0. The van der Waals surface area contributed by atoms with Gasteiger partial charge in [0.15, 0.2) is 0 Å². The standard InChI is InChI=1S/C24H41NO3/c1-5-25(21(3)20-22-15-17-23(27-4)18-16-22)19-13-11-9-7-8-10-12-14-24(26)28-6-2/h15-18,21H,5-14,19-20H2,1-4H3. The SMILES string of the molecule is CCOC(=O)CCCCCCCCCN(CC)C(C)Cc1ccc(OC)cc1. The fourth-order valence-corrected chi connectivity index (χ4v) is 3.62. The molecule has 0 aliphatic heterocycles. The van der Waals surface area contributed by atoms with Crippen molar-refractivity contribution in [3.63, 3.8) is 0 Å². The summed E-state index contributed by atoms with van der Waals surface area (Å²) in [5, 5.41) is 0. The molecule has 0 bridgehead atoms. The molecule has 1 unspecified atom stereocenters. The Morgan fingerprint density at radius 3 is 2.14 bits per heavy atom. The third-order valence-electron chi connectivity index (χ3n) is 5.35. The average molecular weight is 392 g/mol. The number of rotatable bonds is 16. The minimum Gasteiger partial charge on any atom is -0.497 e. The van der Waals surface area contributed by atoms with E-state index < -0.39 is 0 Å². The van der Waals surface area contributed by atoms with E-state index in [0.29, 0.717) is 19.1 Å². The summed E-state index contributed by atoms with van der Waals surface area (Å²) in [6, 6.07) is 8.99. The Labute approximate surface area is 172 Å². The van der Waals surface area contributed by atoms with Gasteiger partial charge >= 0.3 is 5.97 Å². The topological polar surface area (TPSA) is 38.8 Å². The molecule has 1 rings (SSSR count). The van der Waals surface area contributed by atoms with Gasteiger partial charge in [-0.15, -0.1) is 0 Å². The van der Waals surface area contributed by atoms with Gasteiger partial charge in [-0.05, 0) is 63.9 Å². The molecule has 0 N–H and O–H groups in total. The summed E-state index contributed by atoms with van der Waals surface area (Å²) >= 11 is 0. The lowest BCUT2D eigenvalue weighted by Gasteiger charge is -2.28. The van der Waals surface area contributed by atoms with Gasteiger partial charge in [-0.1, -0.05) is 51.2 Å². The van der Waals surface area contributed by atoms with Crippen molar-refractivity contribution in [3.8, 4) is 5.75 Å². The van der Waals surface area contributed by atoms with Crippen LogP contribution in [0, 0.1) is 0 Å². The molecule has 4 heteroatoms. The number of carbonyl (C=O) groups excluding carboxylic acids is 1. The summed E-state index contributed by atoms with van der Waals surface area (Å²) in [6.07, 6.45) is 10.1. The van der Waals surface area contributed by atoms with E-state index in [1.807, 2.05) is 19.1 Å². The second-order valence-corrected chi connectivity index (χ2v) is 7.56. The predicted octanol–water partition coefficient (Wildman–Crippen LogP) is 5.63. The van der Waals surface area contributed by atoms with E-state index in [9.17, 15) is 4.79 Å². The molecule has 28 heavy (non-hydrogen) atoms. The van der Waals surface area contributed by atoms with Gasteiger partial charge in [-0.3, -0.25) is 4.79 Å². The van der Waals surface area contributed by atoms with Gasteiger partial charge in [0.2, 0.25) is 0 Å². The predicted molar refractivity (Wildman–Crippen MR) is 117 cm³/mol. The molecule has 0 fully saturated rings. The minimum atomic E-state index is -0.0501. The van der Waals surface area contributed by atoms with E-state index in [1.165, 1.54) is 44.2 Å². The van der Waals surface area contributed by atoms with E-state index >= 15 is 0 Å². The van der Waals surface area contributed by atoms with Crippen molar-refractivity contribution in [1.82, 2.24) is 4.90 Å². The summed E-state index contributed by atoms with van der Waals surface area (Å²) in [6.45, 7) is 9.22. The highest BCUT2D eigenvalue weighted by atomic mass is 16.5. The van der Waals surface area contributed by atoms with Crippen molar-refractivity contribution in [2.24, 2.45) is 0 Å². The molecule has 0 radical (unpaired) electrons. The van der Waals surface area contributed by atoms with Crippen LogP contribution in [0.2, 0.25) is 0 Å². The molecular formula is C24H41NO3. The number of benzene rings is 1. The number of nitrogens with zero attached hydrogens (tertiary/aromatic N) is 1. The Morgan fingerprint density at radius 1 is 0.964 bits per heavy atom. The Kier molecular flexibility index (Phi) is 13.5. The van der Waals surface area contributed by atoms with Crippen LogP contribution in [0.25, 0.3) is 0 Å². The highest BCUT2D eigenvalue weighted by Crippen LogP contribution is 2.15. The van der Waals surface area contributed by atoms with Crippen LogP contribution < -0.4 is 4.74 Å². The van der Waals surface area contributed by atoms with Crippen molar-refractivity contribution >= 4 is 5.97 Å². The molecule has 1 aromatic rings. The van der Waals surface area contributed by atoms with Crippen molar-refractivity contribution < 1.29 is 14.3 Å². The number of esters is 1. The summed E-state index contributed by atoms with van der Waals surface area (Å²) in [4.78, 5) is 13.9. The van der Waals surface area contributed by atoms with Crippen LogP contribution in [-0.2, 0) is 16.0 Å². The lowest BCUT2D eigenvalue weighted by molar-refractivity contribution is -0.143. The number of hydrogen-bond acceptors (Lipinski definition) is 4. The smallest absolute Gasteiger partial charge is 0.305 e. The first-order valence-corrected chi connectivity index (χ1v) is 11.1. The highest BCUT2D eigenvalue weighted by Gasteiger charge is 2.12. The Hall–Kier alpha value is -1.55. The van der Waals surface area contributed by atoms with Crippen LogP contribution in [0.15, 0.2) is 24.3 Å². The zero-order valence-corrected chi connectivity index (χ0v) is 18.5. The van der Waals surface area contributed by atoms with Gasteiger partial charge < -0.3 is 14.4 Å². The van der Waals surface area contributed by atoms with E-state index in [4.69, 9.17) is 9.47 Å². The van der Waals surface area contributed by atoms with E-state index in [-0.39, 0.29) is 5.97 Å². The van der Waals surface area contributed by atoms with Crippen molar-refractivity contribution in [1.29, 1.82) is 0 Å². The Morgan fingerprint density at radius 2 is 1.57 bits per heavy atom. The fourth-order valence-electron chi connectivity index (χ4n) is 3.62. The summed E-state index contributed by atoms with van der Waals surface area (Å²) in [7, 11) is 1.71. The quantitative estimate of drug-likeness (QED) is 0.270. The molecule has 0 spiro atoms. The number of ether oxygens (including phenoxy) is 2. The van der Waals surface area contributed by atoms with Crippen LogP contribution in [0.3, 0.4) is 0 Å². The van der Waals surface area contributed by atoms with Crippen LogP contribution in [-0.4, -0.2) is 43.7 Å². The Bertz CT molecular complexity index is 515. The molecule has 0 heterocycles. The monoisotopic (exact) mass is 391 g/mol. The van der Waals surface area contributed by atoms with Gasteiger partial charge in [0, 0.05) is 12.5 Å². The molecule has 0 aromatic heterocycles. The van der Waals surface area contributed by atoms with Crippen LogP contribution in [0.1, 0.15) is 77.7 Å². The molecule has 1 atom stereocenters. The minimum absolute atomic E-state index is 0.0501. The van der Waals surface area contributed by atoms with Crippen molar-refractivity contribution in [2.45, 2.75) is 84.6 Å². The first-order valence-electron chi connectivity index (χ1n) is 11.1. The van der Waals surface area contributed by atoms with E-state index in [2.05, 4.69) is 30.9 Å². The molecule has 0 saturated heterocycles. The van der Waals surface area contributed by atoms with Crippen LogP contribution in [0.5, 0.6) is 5.75 Å². The molecule has 160 valence electrons. The number of methoxy groups -OCH3 is 1. The largest absolute Gasteiger partial charge is 0.497 e. The number of carbonyl (C=O) groups is 1. The second kappa shape index (κ2) is 15.4. The second-order valence-electron chi connectivity index (χ2n) is 7.56. The fraction of sp³-hybridized carbons (Fsp3) is 0.708. The van der Waals surface area contributed by atoms with Gasteiger partial charge in [-0.2, -0.15) is 0 Å². The number of likely N-dealkylation sites (N-methyl/N-ethyl adjacent to an activating group) is 1. The molecule has 0 aliphatic rings. The molecule has 0 amide bonds. The first kappa shape index (κ1) is 24.5. The summed E-state index contributed by atoms with van der Waals surface area (Å²) in [5.74, 6) is 0.871. The van der Waals surface area contributed by atoms with Crippen LogP contribution in [0.4, 0.5) is 0 Å². The molecule has 0 saturated carbocycles. The van der Waals surface area contributed by atoms with E-state index in [0.717, 1.165) is 31.6 Å². The Balaban J connectivity index is 2.10. The van der Waals surface area contributed by atoms with Crippen molar-refractivity contribution in [3.05, 3.63) is 29.8 Å². The third kappa shape index (κ3) is 10.7. The lowest BCUT2D eigenvalue weighted by Crippen LogP contribution is -2.35. The van der Waals surface area contributed by atoms with E-state index in [1.54, 1.807) is 7.11 Å². The maximum Gasteiger partial charge on any atom is 0.305 e. The summed E-state index contributed by atoms with van der Waals surface area (Å²) < 4.78 is 10.2. The summed E-state index contributed by atoms with van der Waals surface area (Å²) in [5.41, 5.74) is 1.37. The maximum atomic E-state index is 11.3. The normalized spacial score (nSPS) is 12.2. The highest BCUT2D eigenvalue weighted by molar-refractivity contribution is 5.69. The van der Waals surface area contributed by atoms with Gasteiger partial charge in [-0.25, -0.2) is 0 Å². The number of unbranched alkanes of at least 4 members (excludes halogenated alkanes) is 6. The third-order valence-corrected chi connectivity index (χ3v) is 5.35. The number of hydrogen-bond donors (Lipinski definition) is 0. The zero-order chi connectivity index (χ0) is 20.6. The zero-order valence-electron chi connectivity index (χ0n) is 18.5. The van der Waals surface area contributed by atoms with Gasteiger partial charge in [0.05, 0.1) is 13.7 Å². The van der Waals surface area contributed by atoms with Crippen LogP contribution >= 0.6 is 0 Å².